The molecule has 0 aromatic carbocycles. The third-order valence-corrected chi connectivity index (χ3v) is 2.73. The third-order valence-electron chi connectivity index (χ3n) is 0.909. The molecule has 0 aromatic heterocycles. The van der Waals surface area contributed by atoms with Crippen LogP contribution in [0.25, 0.3) is 0 Å². The molecule has 0 bridgehead atoms. The minimum absolute atomic E-state index is 0.323. The largest absolute Gasteiger partial charge is 0.482 e. The van der Waals surface area contributed by atoms with E-state index in [1.54, 1.807) is 0 Å². The average molecular weight is 192 g/mol. The van der Waals surface area contributed by atoms with Crippen LogP contribution in [0.15, 0.2) is 0 Å². The maximum atomic E-state index is 9.41. The second kappa shape index (κ2) is 3.87. The lowest BCUT2D eigenvalue weighted by molar-refractivity contribution is -0.00201. The van der Waals surface area contributed by atoms with Crippen molar-refractivity contribution in [1.82, 2.24) is 0 Å². The molecular weight excluding hydrogens is 172 g/mol. The summed E-state index contributed by atoms with van der Waals surface area (Å²) in [7, 11) is -2.45. The first-order valence-electron chi connectivity index (χ1n) is 4.14. The first-order chi connectivity index (χ1) is 5.10. The van der Waals surface area contributed by atoms with E-state index in [9.17, 15) is 4.80 Å². The number of hydrogen-bond donors (Lipinski definition) is 1. The molecule has 1 N–H and O–H groups in total. The van der Waals surface area contributed by atoms with E-state index in [0.717, 1.165) is 0 Å². The van der Waals surface area contributed by atoms with Gasteiger partial charge in [0.2, 0.25) is 0 Å². The maximum absolute atomic E-state index is 9.41. The van der Waals surface area contributed by atoms with Crippen LogP contribution in [0, 0.1) is 0 Å². The van der Waals surface area contributed by atoms with Gasteiger partial charge in [-0.25, -0.2) is 0 Å². The van der Waals surface area contributed by atoms with Gasteiger partial charge in [0.25, 0.3) is 0 Å². The highest BCUT2D eigenvalue weighted by molar-refractivity contribution is 6.34. The van der Waals surface area contributed by atoms with Crippen LogP contribution in [0.4, 0.5) is 0 Å². The van der Waals surface area contributed by atoms with Crippen molar-refractivity contribution in [2.45, 2.75) is 52.7 Å². The number of rotatable bonds is 2. The highest BCUT2D eigenvalue weighted by Gasteiger charge is 2.24. The Morgan fingerprint density at radius 1 is 0.833 bits per heavy atom. The minimum atomic E-state index is -2.45. The van der Waals surface area contributed by atoms with Gasteiger partial charge in [-0.3, -0.25) is 0 Å². The van der Waals surface area contributed by atoms with E-state index in [1.807, 2.05) is 41.5 Å². The van der Waals surface area contributed by atoms with Crippen LogP contribution in [-0.2, 0) is 8.85 Å². The van der Waals surface area contributed by atoms with Crippen molar-refractivity contribution in [2.75, 3.05) is 0 Å². The first kappa shape index (κ1) is 12.1. The Morgan fingerprint density at radius 3 is 1.25 bits per heavy atom. The van der Waals surface area contributed by atoms with Crippen molar-refractivity contribution in [3.8, 4) is 0 Å². The lowest BCUT2D eigenvalue weighted by atomic mass is 10.2. The summed E-state index contributed by atoms with van der Waals surface area (Å²) in [5.41, 5.74) is -0.645. The van der Waals surface area contributed by atoms with E-state index < -0.39 is 9.53 Å². The normalized spacial score (nSPS) is 14.0. The second-order valence-corrected chi connectivity index (χ2v) is 5.85. The molecule has 0 saturated heterocycles. The zero-order valence-corrected chi connectivity index (χ0v) is 10.00. The molecule has 4 heteroatoms. The Labute approximate surface area is 76.7 Å². The molecule has 3 nitrogen and oxygen atoms in total. The molecule has 0 aliphatic carbocycles. The zero-order chi connectivity index (χ0) is 9.99. The van der Waals surface area contributed by atoms with E-state index in [4.69, 9.17) is 8.85 Å². The summed E-state index contributed by atoms with van der Waals surface area (Å²) in [6, 6.07) is 0. The summed E-state index contributed by atoms with van der Waals surface area (Å²) in [6.07, 6.45) is 0. The van der Waals surface area contributed by atoms with Gasteiger partial charge >= 0.3 is 9.53 Å². The van der Waals surface area contributed by atoms with Crippen molar-refractivity contribution in [2.24, 2.45) is 0 Å². The molecule has 0 aliphatic rings. The zero-order valence-electron chi connectivity index (χ0n) is 8.84. The molecule has 0 atom stereocenters. The van der Waals surface area contributed by atoms with Crippen LogP contribution in [0.2, 0.25) is 0 Å². The van der Waals surface area contributed by atoms with Crippen LogP contribution in [0.3, 0.4) is 0 Å². The Balaban J connectivity index is 3.83. The lowest BCUT2D eigenvalue weighted by Gasteiger charge is -2.28. The average Bonchev–Trinajstić information content (AvgIpc) is 1.49. The highest BCUT2D eigenvalue weighted by atomic mass is 28.3. The van der Waals surface area contributed by atoms with E-state index >= 15 is 0 Å². The summed E-state index contributed by atoms with van der Waals surface area (Å²) >= 11 is 0. The molecule has 0 rings (SSSR count). The molecule has 0 aliphatic heterocycles. The van der Waals surface area contributed by atoms with Gasteiger partial charge in [-0.2, -0.15) is 0 Å². The summed E-state index contributed by atoms with van der Waals surface area (Å²) in [4.78, 5) is 9.41. The monoisotopic (exact) mass is 192 g/mol. The molecule has 0 unspecified atom stereocenters. The first-order valence-corrected chi connectivity index (χ1v) is 5.60. The third kappa shape index (κ3) is 8.20. The van der Waals surface area contributed by atoms with Gasteiger partial charge in [0, 0.05) is 0 Å². The minimum Gasteiger partial charge on any atom is -0.392 e. The van der Waals surface area contributed by atoms with Crippen molar-refractivity contribution < 1.29 is 13.6 Å². The van der Waals surface area contributed by atoms with Crippen LogP contribution >= 0.6 is 0 Å². The predicted molar refractivity (Wildman–Crippen MR) is 51.0 cm³/mol. The van der Waals surface area contributed by atoms with Gasteiger partial charge in [0.05, 0.1) is 11.2 Å². The van der Waals surface area contributed by atoms with E-state index in [1.165, 1.54) is 0 Å². The summed E-state index contributed by atoms with van der Waals surface area (Å²) in [6.45, 7) is 11.4. The van der Waals surface area contributed by atoms with E-state index in [2.05, 4.69) is 0 Å². The Morgan fingerprint density at radius 2 is 1.08 bits per heavy atom. The van der Waals surface area contributed by atoms with Crippen LogP contribution in [-0.4, -0.2) is 25.5 Å². The quantitative estimate of drug-likeness (QED) is 0.671. The molecule has 0 saturated carbocycles. The topological polar surface area (TPSA) is 38.7 Å². The maximum Gasteiger partial charge on any atom is 0.482 e. The van der Waals surface area contributed by atoms with Gasteiger partial charge < -0.3 is 13.6 Å². The van der Waals surface area contributed by atoms with Crippen molar-refractivity contribution >= 4 is 9.53 Å². The van der Waals surface area contributed by atoms with Gasteiger partial charge in [-0.1, -0.05) is 0 Å². The predicted octanol–water partition coefficient (Wildman–Crippen LogP) is 1.33. The van der Waals surface area contributed by atoms with E-state index in [0.29, 0.717) is 0 Å². The van der Waals surface area contributed by atoms with Crippen LogP contribution in [0.5, 0.6) is 0 Å². The molecule has 0 amide bonds. The van der Waals surface area contributed by atoms with E-state index in [-0.39, 0.29) is 11.2 Å². The van der Waals surface area contributed by atoms with Gasteiger partial charge in [-0.05, 0) is 41.5 Å². The molecule has 0 aromatic rings. The van der Waals surface area contributed by atoms with Crippen LogP contribution in [0.1, 0.15) is 41.5 Å². The molecular formula is C8H20O3Si. The van der Waals surface area contributed by atoms with Crippen molar-refractivity contribution in [3.63, 3.8) is 0 Å². The standard InChI is InChI=1S/C8H20O3Si/c1-7(2,3)10-12(9)11-8(4,5)6/h9,12H,1-6H3. The fourth-order valence-electron chi connectivity index (χ4n) is 0.629. The van der Waals surface area contributed by atoms with Crippen LogP contribution < -0.4 is 0 Å². The number of hydrogen-bond acceptors (Lipinski definition) is 3. The molecule has 0 heterocycles. The Hall–Kier alpha value is 0.0969. The van der Waals surface area contributed by atoms with Crippen molar-refractivity contribution in [1.29, 1.82) is 0 Å². The lowest BCUT2D eigenvalue weighted by Crippen LogP contribution is -2.38. The Kier molecular flexibility index (Phi) is 3.90. The molecule has 0 radical (unpaired) electrons. The van der Waals surface area contributed by atoms with Crippen molar-refractivity contribution in [3.05, 3.63) is 0 Å². The van der Waals surface area contributed by atoms with Gasteiger partial charge in [0.15, 0.2) is 0 Å². The highest BCUT2D eigenvalue weighted by Crippen LogP contribution is 2.13. The second-order valence-electron chi connectivity index (χ2n) is 4.77. The SMILES string of the molecule is CC(C)(C)O[SiH](O)OC(C)(C)C. The van der Waals surface area contributed by atoms with Gasteiger partial charge in [0.1, 0.15) is 0 Å². The summed E-state index contributed by atoms with van der Waals surface area (Å²) < 4.78 is 10.6. The summed E-state index contributed by atoms with van der Waals surface area (Å²) in [5, 5.41) is 0. The van der Waals surface area contributed by atoms with Gasteiger partial charge in [-0.15, -0.1) is 0 Å². The molecule has 0 fully saturated rings. The smallest absolute Gasteiger partial charge is 0.392 e. The summed E-state index contributed by atoms with van der Waals surface area (Å²) in [5.74, 6) is 0. The molecule has 0 spiro atoms. The fourth-order valence-corrected chi connectivity index (χ4v) is 1.89. The molecule has 74 valence electrons. The fraction of sp³-hybridized carbons (Fsp3) is 1.00. The molecule has 12 heavy (non-hydrogen) atoms. The Bertz CT molecular complexity index is 118.